The maximum absolute atomic E-state index is 12.6. The molecular formula is C32H24O15. The van der Waals surface area contributed by atoms with Crippen molar-refractivity contribution in [2.45, 2.75) is 0 Å². The first-order valence-electron chi connectivity index (χ1n) is 13.2. The second-order valence-electron chi connectivity index (χ2n) is 9.77. The van der Waals surface area contributed by atoms with E-state index < -0.39 is 51.2 Å². The third-order valence-corrected chi connectivity index (χ3v) is 6.99. The van der Waals surface area contributed by atoms with Gasteiger partial charge in [0, 0.05) is 29.8 Å². The maximum Gasteiger partial charge on any atom is 0.338 e. The topological polar surface area (TPSA) is 247 Å². The van der Waals surface area contributed by atoms with E-state index in [-0.39, 0.29) is 61.6 Å². The fourth-order valence-corrected chi connectivity index (χ4v) is 4.77. The fraction of sp³-hybridized carbons (Fsp3) is 0.0938. The van der Waals surface area contributed by atoms with Gasteiger partial charge < -0.3 is 58.8 Å². The fourth-order valence-electron chi connectivity index (χ4n) is 4.77. The SMILES string of the molecule is COC(=O)c1cc(O)c(O)c2oc3cc(O)cc(O)c3c(=O)c12.COc1ccc(-c2cc(=O)c3c(O)c(O)c(OC)cc3o2)cc1O. The van der Waals surface area contributed by atoms with E-state index in [4.69, 9.17) is 18.3 Å². The lowest BCUT2D eigenvalue weighted by Gasteiger charge is -2.10. The summed E-state index contributed by atoms with van der Waals surface area (Å²) in [7, 11) is 3.81. The molecule has 2 heterocycles. The molecule has 15 heteroatoms. The lowest BCUT2D eigenvalue weighted by atomic mass is 10.0. The van der Waals surface area contributed by atoms with Gasteiger partial charge in [-0.2, -0.15) is 0 Å². The minimum absolute atomic E-state index is 0.0297. The quantitative estimate of drug-likeness (QED) is 0.0806. The molecule has 6 rings (SSSR count). The Labute approximate surface area is 261 Å². The van der Waals surface area contributed by atoms with Crippen molar-refractivity contribution < 1.29 is 63.6 Å². The van der Waals surface area contributed by atoms with Crippen LogP contribution in [0.2, 0.25) is 0 Å². The van der Waals surface area contributed by atoms with Crippen molar-refractivity contribution >= 4 is 38.9 Å². The minimum Gasteiger partial charge on any atom is -0.508 e. The molecule has 0 aliphatic heterocycles. The third-order valence-electron chi connectivity index (χ3n) is 6.99. The molecule has 0 radical (unpaired) electrons. The van der Waals surface area contributed by atoms with Crippen LogP contribution in [-0.2, 0) is 4.74 Å². The van der Waals surface area contributed by atoms with Crippen LogP contribution in [-0.4, -0.2) is 63.0 Å². The van der Waals surface area contributed by atoms with E-state index in [1.165, 1.54) is 32.4 Å². The van der Waals surface area contributed by atoms with Crippen molar-refractivity contribution in [3.05, 3.63) is 74.5 Å². The molecule has 0 unspecified atom stereocenters. The maximum atomic E-state index is 12.6. The number of hydrogen-bond donors (Lipinski definition) is 7. The lowest BCUT2D eigenvalue weighted by Crippen LogP contribution is -2.10. The molecule has 6 aromatic rings. The summed E-state index contributed by atoms with van der Waals surface area (Å²) in [4.78, 5) is 36.7. The van der Waals surface area contributed by atoms with Crippen molar-refractivity contribution in [3.8, 4) is 63.1 Å². The van der Waals surface area contributed by atoms with Crippen molar-refractivity contribution in [2.24, 2.45) is 0 Å². The molecule has 0 aliphatic carbocycles. The highest BCUT2D eigenvalue weighted by Crippen LogP contribution is 2.42. The van der Waals surface area contributed by atoms with Gasteiger partial charge in [-0.25, -0.2) is 4.79 Å². The van der Waals surface area contributed by atoms with E-state index in [1.54, 1.807) is 6.07 Å². The zero-order chi connectivity index (χ0) is 34.3. The average Bonchev–Trinajstić information content (AvgIpc) is 3.03. The third kappa shape index (κ3) is 5.41. The monoisotopic (exact) mass is 648 g/mol. The molecule has 0 aliphatic rings. The molecule has 0 saturated heterocycles. The summed E-state index contributed by atoms with van der Waals surface area (Å²) in [6, 6.07) is 9.85. The van der Waals surface area contributed by atoms with Crippen LogP contribution in [0.15, 0.2) is 67.0 Å². The summed E-state index contributed by atoms with van der Waals surface area (Å²) in [5, 5.41) is 67.8. The lowest BCUT2D eigenvalue weighted by molar-refractivity contribution is 0.0602. The van der Waals surface area contributed by atoms with Crippen LogP contribution in [0, 0.1) is 0 Å². The van der Waals surface area contributed by atoms with Crippen LogP contribution < -0.4 is 20.3 Å². The summed E-state index contributed by atoms with van der Waals surface area (Å²) in [6.07, 6.45) is 0. The molecule has 0 spiro atoms. The second-order valence-corrected chi connectivity index (χ2v) is 9.77. The van der Waals surface area contributed by atoms with E-state index in [0.29, 0.717) is 5.56 Å². The normalized spacial score (nSPS) is 10.9. The van der Waals surface area contributed by atoms with Gasteiger partial charge in [0.25, 0.3) is 0 Å². The molecule has 0 fully saturated rings. The highest BCUT2D eigenvalue weighted by atomic mass is 16.5. The molecule has 0 bridgehead atoms. The number of rotatable bonds is 4. The summed E-state index contributed by atoms with van der Waals surface area (Å²) in [6.45, 7) is 0. The van der Waals surface area contributed by atoms with E-state index in [2.05, 4.69) is 4.74 Å². The Hall–Kier alpha value is -6.77. The first-order valence-corrected chi connectivity index (χ1v) is 13.2. The molecule has 0 saturated carbocycles. The molecule has 4 aromatic carbocycles. The van der Waals surface area contributed by atoms with Gasteiger partial charge in [-0.15, -0.1) is 0 Å². The van der Waals surface area contributed by atoms with Gasteiger partial charge in [0.15, 0.2) is 39.8 Å². The largest absolute Gasteiger partial charge is 0.508 e. The summed E-state index contributed by atoms with van der Waals surface area (Å²) in [5.41, 5.74) is -1.91. The number of ether oxygens (including phenoxy) is 3. The number of hydrogen-bond acceptors (Lipinski definition) is 15. The summed E-state index contributed by atoms with van der Waals surface area (Å²) < 4.78 is 25.4. The Morgan fingerprint density at radius 2 is 1.32 bits per heavy atom. The van der Waals surface area contributed by atoms with Gasteiger partial charge in [0.2, 0.25) is 16.9 Å². The Bertz CT molecular complexity index is 2350. The number of phenolic OH excluding ortho intramolecular Hbond substituents is 7. The van der Waals surface area contributed by atoms with Crippen LogP contribution in [0.4, 0.5) is 0 Å². The van der Waals surface area contributed by atoms with Crippen LogP contribution >= 0.6 is 0 Å². The predicted octanol–water partition coefficient (Wildman–Crippen LogP) is 4.15. The Kier molecular flexibility index (Phi) is 8.06. The number of carbonyl (C=O) groups excluding carboxylic acids is 1. The van der Waals surface area contributed by atoms with E-state index in [9.17, 15) is 50.1 Å². The number of fused-ring (bicyclic) bond motifs is 3. The second kappa shape index (κ2) is 12.0. The van der Waals surface area contributed by atoms with Gasteiger partial charge >= 0.3 is 5.97 Å². The highest BCUT2D eigenvalue weighted by Gasteiger charge is 2.24. The van der Waals surface area contributed by atoms with Gasteiger partial charge in [-0.3, -0.25) is 9.59 Å². The van der Waals surface area contributed by atoms with Crippen LogP contribution in [0.25, 0.3) is 44.2 Å². The van der Waals surface area contributed by atoms with E-state index in [0.717, 1.165) is 31.4 Å². The highest BCUT2D eigenvalue weighted by molar-refractivity contribution is 6.08. The minimum atomic E-state index is -0.935. The molecule has 7 N–H and O–H groups in total. The molecule has 0 amide bonds. The number of benzene rings is 4. The first-order chi connectivity index (χ1) is 22.3. The van der Waals surface area contributed by atoms with Crippen LogP contribution in [0.3, 0.4) is 0 Å². The number of methoxy groups -OCH3 is 3. The van der Waals surface area contributed by atoms with Gasteiger partial charge in [0.1, 0.15) is 39.2 Å². The van der Waals surface area contributed by atoms with E-state index >= 15 is 0 Å². The van der Waals surface area contributed by atoms with Crippen molar-refractivity contribution in [1.29, 1.82) is 0 Å². The summed E-state index contributed by atoms with van der Waals surface area (Å²) >= 11 is 0. The first kappa shape index (κ1) is 31.6. The zero-order valence-corrected chi connectivity index (χ0v) is 24.5. The van der Waals surface area contributed by atoms with Gasteiger partial charge in [-0.05, 0) is 24.3 Å². The molecule has 15 nitrogen and oxygen atoms in total. The summed E-state index contributed by atoms with van der Waals surface area (Å²) in [5.74, 6) is -4.13. The Balaban J connectivity index is 0.000000185. The molecular weight excluding hydrogens is 624 g/mol. The number of carbonyl (C=O) groups is 1. The smallest absolute Gasteiger partial charge is 0.338 e. The number of esters is 1. The van der Waals surface area contributed by atoms with E-state index in [1.807, 2.05) is 0 Å². The standard InChI is InChI=1S/C17H14O7.C15H10O8/c1-22-11-4-3-8(5-9(11)18)12-6-10(19)15-13(24-12)7-14(23-2)16(20)17(15)21;1-22-15(21)6-4-8(18)12(19)14-10(6)13(20)11-7(17)2-5(16)3-9(11)23-14/h3-7,18,20-21H,1-2H3;2-4,16-19H,1H3. The average molecular weight is 649 g/mol. The van der Waals surface area contributed by atoms with Crippen molar-refractivity contribution in [2.75, 3.05) is 21.3 Å². The Morgan fingerprint density at radius 1 is 0.638 bits per heavy atom. The van der Waals surface area contributed by atoms with Crippen LogP contribution in [0.1, 0.15) is 10.4 Å². The van der Waals surface area contributed by atoms with Crippen molar-refractivity contribution in [3.63, 3.8) is 0 Å². The Morgan fingerprint density at radius 3 is 1.96 bits per heavy atom. The van der Waals surface area contributed by atoms with Gasteiger partial charge in [0.05, 0.1) is 32.3 Å². The number of phenols is 7. The molecule has 242 valence electrons. The van der Waals surface area contributed by atoms with Crippen LogP contribution in [0.5, 0.6) is 51.7 Å². The molecule has 2 aromatic heterocycles. The number of aromatic hydroxyl groups is 7. The molecule has 0 atom stereocenters. The van der Waals surface area contributed by atoms with Gasteiger partial charge in [-0.1, -0.05) is 0 Å². The zero-order valence-electron chi connectivity index (χ0n) is 24.5. The molecule has 47 heavy (non-hydrogen) atoms. The predicted molar refractivity (Wildman–Crippen MR) is 164 cm³/mol. The van der Waals surface area contributed by atoms with Crippen molar-refractivity contribution in [1.82, 2.24) is 0 Å².